The summed E-state index contributed by atoms with van der Waals surface area (Å²) >= 11 is 0. The number of hydrogen-bond acceptors (Lipinski definition) is 3. The average molecular weight is 241 g/mol. The highest BCUT2D eigenvalue weighted by Gasteiger charge is 2.36. The van der Waals surface area contributed by atoms with Crippen LogP contribution in [0.3, 0.4) is 0 Å². The Balaban J connectivity index is 2.63. The fraction of sp³-hybridized carbons (Fsp3) is 0.846. The molecule has 1 amide bonds. The minimum atomic E-state index is -0.464. The molecule has 0 aromatic carbocycles. The molecule has 0 aliphatic carbocycles. The summed E-state index contributed by atoms with van der Waals surface area (Å²) in [5, 5.41) is 0. The molecule has 1 fully saturated rings. The molecule has 1 heterocycles. The van der Waals surface area contributed by atoms with Gasteiger partial charge in [-0.1, -0.05) is 0 Å². The molecule has 2 atom stereocenters. The van der Waals surface area contributed by atoms with Gasteiger partial charge in [0.05, 0.1) is 0 Å². The van der Waals surface area contributed by atoms with Crippen molar-refractivity contribution in [3.05, 3.63) is 0 Å². The summed E-state index contributed by atoms with van der Waals surface area (Å²) in [6.45, 7) is 7.63. The van der Waals surface area contributed by atoms with Crippen molar-refractivity contribution >= 4 is 12.4 Å². The molecule has 1 aliphatic heterocycles. The van der Waals surface area contributed by atoms with Gasteiger partial charge in [0, 0.05) is 18.5 Å². The van der Waals surface area contributed by atoms with E-state index in [1.807, 2.05) is 27.7 Å². The Kier molecular flexibility index (Phi) is 4.54. The van der Waals surface area contributed by atoms with Gasteiger partial charge in [-0.15, -0.1) is 0 Å². The minimum absolute atomic E-state index is 0.157. The van der Waals surface area contributed by atoms with Crippen molar-refractivity contribution in [2.45, 2.75) is 71.1 Å². The molecule has 0 N–H and O–H groups in total. The van der Waals surface area contributed by atoms with Gasteiger partial charge in [-0.2, -0.15) is 0 Å². The number of amides is 1. The molecular weight excluding hydrogens is 218 g/mol. The van der Waals surface area contributed by atoms with Gasteiger partial charge in [0.25, 0.3) is 0 Å². The first-order valence-corrected chi connectivity index (χ1v) is 6.30. The maximum atomic E-state index is 12.1. The van der Waals surface area contributed by atoms with Crippen molar-refractivity contribution in [3.8, 4) is 0 Å². The number of ether oxygens (including phenoxy) is 1. The van der Waals surface area contributed by atoms with Gasteiger partial charge in [0.1, 0.15) is 11.9 Å². The molecule has 0 saturated carbocycles. The Bertz CT molecular complexity index is 283. The van der Waals surface area contributed by atoms with E-state index in [-0.39, 0.29) is 18.2 Å². The van der Waals surface area contributed by atoms with Gasteiger partial charge < -0.3 is 14.4 Å². The van der Waals surface area contributed by atoms with Crippen LogP contribution in [0, 0.1) is 0 Å². The van der Waals surface area contributed by atoms with Gasteiger partial charge in [0.15, 0.2) is 0 Å². The lowest BCUT2D eigenvalue weighted by molar-refractivity contribution is -0.108. The van der Waals surface area contributed by atoms with Gasteiger partial charge in [-0.25, -0.2) is 4.79 Å². The number of rotatable bonds is 3. The molecule has 1 rings (SSSR count). The molecule has 1 aliphatic rings. The summed E-state index contributed by atoms with van der Waals surface area (Å²) in [4.78, 5) is 24.3. The fourth-order valence-electron chi connectivity index (χ4n) is 2.26. The predicted octanol–water partition coefficient (Wildman–Crippen LogP) is 2.75. The smallest absolute Gasteiger partial charge is 0.410 e. The fourth-order valence-corrected chi connectivity index (χ4v) is 2.26. The highest BCUT2D eigenvalue weighted by molar-refractivity contribution is 5.69. The van der Waals surface area contributed by atoms with Crippen LogP contribution in [0.1, 0.15) is 53.4 Å². The molecule has 4 heteroatoms. The summed E-state index contributed by atoms with van der Waals surface area (Å²) in [7, 11) is 0. The lowest BCUT2D eigenvalue weighted by Gasteiger charge is -2.31. The molecule has 98 valence electrons. The van der Waals surface area contributed by atoms with Crippen LogP contribution < -0.4 is 0 Å². The van der Waals surface area contributed by atoms with E-state index < -0.39 is 5.60 Å². The summed E-state index contributed by atoms with van der Waals surface area (Å²) in [6, 6.07) is 0.367. The van der Waals surface area contributed by atoms with Crippen LogP contribution in [-0.4, -0.2) is 35.0 Å². The second-order valence-corrected chi connectivity index (χ2v) is 5.71. The minimum Gasteiger partial charge on any atom is -0.444 e. The summed E-state index contributed by atoms with van der Waals surface area (Å²) in [5.41, 5.74) is -0.464. The van der Waals surface area contributed by atoms with E-state index in [1.54, 1.807) is 4.90 Å². The summed E-state index contributed by atoms with van der Waals surface area (Å²) in [5.74, 6) is 0. The molecule has 17 heavy (non-hydrogen) atoms. The van der Waals surface area contributed by atoms with E-state index in [1.165, 1.54) is 0 Å². The van der Waals surface area contributed by atoms with Crippen LogP contribution in [0.5, 0.6) is 0 Å². The van der Waals surface area contributed by atoms with E-state index in [4.69, 9.17) is 4.74 Å². The lowest BCUT2D eigenvalue weighted by atomic mass is 10.1. The molecule has 0 bridgehead atoms. The molecule has 0 radical (unpaired) electrons. The van der Waals surface area contributed by atoms with Crippen molar-refractivity contribution < 1.29 is 14.3 Å². The Morgan fingerprint density at radius 1 is 1.41 bits per heavy atom. The zero-order valence-electron chi connectivity index (χ0n) is 11.2. The Hall–Kier alpha value is -1.06. The van der Waals surface area contributed by atoms with Crippen molar-refractivity contribution in [3.63, 3.8) is 0 Å². The number of hydrogen-bond donors (Lipinski definition) is 0. The largest absolute Gasteiger partial charge is 0.444 e. The second kappa shape index (κ2) is 5.52. The highest BCUT2D eigenvalue weighted by atomic mass is 16.6. The van der Waals surface area contributed by atoms with Crippen LogP contribution >= 0.6 is 0 Å². The quantitative estimate of drug-likeness (QED) is 0.714. The topological polar surface area (TPSA) is 46.6 Å². The third kappa shape index (κ3) is 4.02. The standard InChI is InChI=1S/C13H23NO3/c1-10-7-8-11(6-5-9-15)14(10)12(16)17-13(2,3)4/h9-11H,5-8H2,1-4H3/t10-,11-/m1/s1. The highest BCUT2D eigenvalue weighted by Crippen LogP contribution is 2.28. The van der Waals surface area contributed by atoms with Gasteiger partial charge in [-0.05, 0) is 47.0 Å². The maximum absolute atomic E-state index is 12.1. The molecule has 0 unspecified atom stereocenters. The first-order valence-electron chi connectivity index (χ1n) is 6.30. The number of carbonyl (C=O) groups is 2. The normalized spacial score (nSPS) is 24.8. The summed E-state index contributed by atoms with van der Waals surface area (Å²) in [6.07, 6.45) is 3.87. The molecule has 0 aromatic heterocycles. The van der Waals surface area contributed by atoms with Gasteiger partial charge in [0.2, 0.25) is 0 Å². The number of aldehydes is 1. The van der Waals surface area contributed by atoms with Crippen molar-refractivity contribution in [1.29, 1.82) is 0 Å². The van der Waals surface area contributed by atoms with Crippen LogP contribution in [0.15, 0.2) is 0 Å². The van der Waals surface area contributed by atoms with Crippen LogP contribution in [-0.2, 0) is 9.53 Å². The average Bonchev–Trinajstić information content (AvgIpc) is 2.54. The van der Waals surface area contributed by atoms with Crippen LogP contribution in [0.25, 0.3) is 0 Å². The van der Waals surface area contributed by atoms with Gasteiger partial charge in [-0.3, -0.25) is 0 Å². The molecular formula is C13H23NO3. The van der Waals surface area contributed by atoms with Crippen molar-refractivity contribution in [1.82, 2.24) is 4.90 Å². The monoisotopic (exact) mass is 241 g/mol. The van der Waals surface area contributed by atoms with E-state index in [0.717, 1.165) is 25.5 Å². The Labute approximate surface area is 103 Å². The SMILES string of the molecule is C[C@@H]1CC[C@@H](CCC=O)N1C(=O)OC(C)(C)C. The van der Waals surface area contributed by atoms with Gasteiger partial charge >= 0.3 is 6.09 Å². The van der Waals surface area contributed by atoms with E-state index in [9.17, 15) is 9.59 Å². The third-order valence-electron chi connectivity index (χ3n) is 3.01. The van der Waals surface area contributed by atoms with Crippen LogP contribution in [0.4, 0.5) is 4.79 Å². The number of likely N-dealkylation sites (tertiary alicyclic amines) is 1. The zero-order chi connectivity index (χ0) is 13.1. The van der Waals surface area contributed by atoms with E-state index in [2.05, 4.69) is 0 Å². The first kappa shape index (κ1) is 14.0. The zero-order valence-corrected chi connectivity index (χ0v) is 11.2. The lowest BCUT2D eigenvalue weighted by Crippen LogP contribution is -2.43. The maximum Gasteiger partial charge on any atom is 0.410 e. The van der Waals surface area contributed by atoms with E-state index in [0.29, 0.717) is 6.42 Å². The number of carbonyl (C=O) groups excluding carboxylic acids is 2. The van der Waals surface area contributed by atoms with Crippen molar-refractivity contribution in [2.24, 2.45) is 0 Å². The van der Waals surface area contributed by atoms with Crippen LogP contribution in [0.2, 0.25) is 0 Å². The Morgan fingerprint density at radius 2 is 2.06 bits per heavy atom. The van der Waals surface area contributed by atoms with Crippen molar-refractivity contribution in [2.75, 3.05) is 0 Å². The van der Waals surface area contributed by atoms with E-state index >= 15 is 0 Å². The third-order valence-corrected chi connectivity index (χ3v) is 3.01. The molecule has 0 spiro atoms. The number of nitrogens with zero attached hydrogens (tertiary/aromatic N) is 1. The molecule has 1 saturated heterocycles. The Morgan fingerprint density at radius 3 is 2.59 bits per heavy atom. The predicted molar refractivity (Wildman–Crippen MR) is 65.9 cm³/mol. The molecule has 4 nitrogen and oxygen atoms in total. The summed E-state index contributed by atoms with van der Waals surface area (Å²) < 4.78 is 5.40. The second-order valence-electron chi connectivity index (χ2n) is 5.71. The first-order chi connectivity index (χ1) is 7.85. The molecule has 0 aromatic rings.